The van der Waals surface area contributed by atoms with Crippen molar-refractivity contribution in [1.29, 1.82) is 0 Å². The van der Waals surface area contributed by atoms with Crippen molar-refractivity contribution in [3.8, 4) is 10.6 Å². The molecule has 0 saturated heterocycles. The molecule has 4 rings (SSSR count). The summed E-state index contributed by atoms with van der Waals surface area (Å²) in [5.74, 6) is 0. The van der Waals surface area contributed by atoms with Crippen molar-refractivity contribution in [2.24, 2.45) is 0 Å². The van der Waals surface area contributed by atoms with E-state index in [9.17, 15) is 4.79 Å². The summed E-state index contributed by atoms with van der Waals surface area (Å²) < 4.78 is 5.98. The van der Waals surface area contributed by atoms with Crippen LogP contribution in [-0.4, -0.2) is 11.1 Å². The standard InChI is InChI=1S/C19H14N2O2S/c22-19-20-15(4-3-11-23-19)12-13-7-9-14(10-8-13)18-21-16-5-1-2-6-17(16)24-18/h1-11H,12H2,(H,20,22). The third kappa shape index (κ3) is 3.07. The number of para-hydroxylation sites is 1. The van der Waals surface area contributed by atoms with Gasteiger partial charge in [0, 0.05) is 17.7 Å². The Morgan fingerprint density at radius 2 is 1.92 bits per heavy atom. The average Bonchev–Trinajstić information content (AvgIpc) is 2.93. The van der Waals surface area contributed by atoms with E-state index in [0.29, 0.717) is 6.42 Å². The number of carbonyl (C=O) groups excluding carboxylic acids is 1. The number of nitrogens with zero attached hydrogens (tertiary/aromatic N) is 1. The van der Waals surface area contributed by atoms with Crippen LogP contribution in [0.25, 0.3) is 20.8 Å². The highest BCUT2D eigenvalue weighted by Gasteiger charge is 2.09. The van der Waals surface area contributed by atoms with E-state index in [1.54, 1.807) is 17.4 Å². The van der Waals surface area contributed by atoms with Gasteiger partial charge in [0.05, 0.1) is 16.5 Å². The Morgan fingerprint density at radius 3 is 2.75 bits per heavy atom. The Labute approximate surface area is 143 Å². The van der Waals surface area contributed by atoms with E-state index in [-0.39, 0.29) is 0 Å². The fourth-order valence-corrected chi connectivity index (χ4v) is 3.51. The summed E-state index contributed by atoms with van der Waals surface area (Å²) in [4.78, 5) is 16.1. The van der Waals surface area contributed by atoms with E-state index in [0.717, 1.165) is 27.3 Å². The molecule has 2 aromatic carbocycles. The molecule has 0 bridgehead atoms. The minimum Gasteiger partial charge on any atom is -0.418 e. The van der Waals surface area contributed by atoms with Crippen molar-refractivity contribution in [2.75, 3.05) is 0 Å². The van der Waals surface area contributed by atoms with Gasteiger partial charge in [-0.3, -0.25) is 5.32 Å². The predicted octanol–water partition coefficient (Wildman–Crippen LogP) is 4.64. The van der Waals surface area contributed by atoms with Crippen LogP contribution in [0.3, 0.4) is 0 Å². The number of thiazole rings is 1. The van der Waals surface area contributed by atoms with Gasteiger partial charge in [0.25, 0.3) is 0 Å². The highest BCUT2D eigenvalue weighted by atomic mass is 32.1. The molecule has 1 aromatic heterocycles. The molecule has 1 aliphatic rings. The molecule has 0 atom stereocenters. The lowest BCUT2D eigenvalue weighted by atomic mass is 10.1. The van der Waals surface area contributed by atoms with Crippen LogP contribution in [0, 0.1) is 0 Å². The lowest BCUT2D eigenvalue weighted by Gasteiger charge is -2.07. The maximum absolute atomic E-state index is 11.4. The highest BCUT2D eigenvalue weighted by Crippen LogP contribution is 2.30. The van der Waals surface area contributed by atoms with Gasteiger partial charge in [-0.05, 0) is 29.8 Å². The average molecular weight is 334 g/mol. The number of alkyl carbamates (subject to hydrolysis) is 1. The quantitative estimate of drug-likeness (QED) is 0.759. The number of aromatic nitrogens is 1. The Morgan fingerprint density at radius 1 is 1.08 bits per heavy atom. The number of fused-ring (bicyclic) bond motifs is 1. The molecule has 24 heavy (non-hydrogen) atoms. The van der Waals surface area contributed by atoms with E-state index in [2.05, 4.69) is 40.6 Å². The number of hydrogen-bond donors (Lipinski definition) is 1. The normalized spacial score (nSPS) is 14.0. The van der Waals surface area contributed by atoms with Crippen LogP contribution < -0.4 is 5.32 Å². The van der Waals surface area contributed by atoms with Gasteiger partial charge in [-0.1, -0.05) is 36.4 Å². The first-order valence-corrected chi connectivity index (χ1v) is 8.38. The number of nitrogens with one attached hydrogen (secondary N) is 1. The summed E-state index contributed by atoms with van der Waals surface area (Å²) in [5, 5.41) is 3.73. The summed E-state index contributed by atoms with van der Waals surface area (Å²) in [6.07, 6.45) is 5.11. The van der Waals surface area contributed by atoms with Crippen LogP contribution in [-0.2, 0) is 11.2 Å². The molecule has 1 aliphatic heterocycles. The molecule has 0 radical (unpaired) electrons. The van der Waals surface area contributed by atoms with Gasteiger partial charge in [0.1, 0.15) is 5.01 Å². The zero-order valence-electron chi connectivity index (χ0n) is 12.7. The van der Waals surface area contributed by atoms with Crippen molar-refractivity contribution < 1.29 is 9.53 Å². The Hall–Kier alpha value is -2.92. The molecular weight excluding hydrogens is 320 g/mol. The molecule has 2 heterocycles. The molecule has 1 amide bonds. The molecule has 1 N–H and O–H groups in total. The number of rotatable bonds is 3. The largest absolute Gasteiger partial charge is 0.418 e. The number of carbonyl (C=O) groups is 1. The predicted molar refractivity (Wildman–Crippen MR) is 95.6 cm³/mol. The van der Waals surface area contributed by atoms with Gasteiger partial charge in [-0.25, -0.2) is 9.78 Å². The van der Waals surface area contributed by atoms with Crippen LogP contribution in [0.1, 0.15) is 5.56 Å². The van der Waals surface area contributed by atoms with Gasteiger partial charge in [0.2, 0.25) is 0 Å². The molecule has 0 unspecified atom stereocenters. The summed E-state index contributed by atoms with van der Waals surface area (Å²) in [6.45, 7) is 0. The topological polar surface area (TPSA) is 51.2 Å². The third-order valence-electron chi connectivity index (χ3n) is 3.70. The summed E-state index contributed by atoms with van der Waals surface area (Å²) in [6, 6.07) is 16.4. The van der Waals surface area contributed by atoms with E-state index in [1.165, 1.54) is 11.0 Å². The van der Waals surface area contributed by atoms with E-state index in [4.69, 9.17) is 4.74 Å². The summed E-state index contributed by atoms with van der Waals surface area (Å²) in [7, 11) is 0. The number of benzene rings is 2. The van der Waals surface area contributed by atoms with Gasteiger partial charge >= 0.3 is 6.09 Å². The number of cyclic esters (lactones) is 1. The second kappa shape index (κ2) is 6.29. The minimum atomic E-state index is -0.457. The zero-order valence-corrected chi connectivity index (χ0v) is 13.5. The van der Waals surface area contributed by atoms with E-state index >= 15 is 0 Å². The molecule has 0 fully saturated rings. The van der Waals surface area contributed by atoms with Gasteiger partial charge < -0.3 is 4.74 Å². The molecule has 4 nitrogen and oxygen atoms in total. The Balaban J connectivity index is 1.55. The molecule has 5 heteroatoms. The summed E-state index contributed by atoms with van der Waals surface area (Å²) >= 11 is 1.69. The number of allylic oxidation sites excluding steroid dienone is 3. The van der Waals surface area contributed by atoms with Crippen LogP contribution >= 0.6 is 11.3 Å². The third-order valence-corrected chi connectivity index (χ3v) is 4.79. The summed E-state index contributed by atoms with van der Waals surface area (Å²) in [5.41, 5.74) is 4.05. The molecule has 3 aromatic rings. The van der Waals surface area contributed by atoms with Crippen LogP contribution in [0.2, 0.25) is 0 Å². The van der Waals surface area contributed by atoms with Crippen molar-refractivity contribution in [1.82, 2.24) is 10.3 Å². The monoisotopic (exact) mass is 334 g/mol. The zero-order chi connectivity index (χ0) is 16.4. The lowest BCUT2D eigenvalue weighted by Crippen LogP contribution is -2.22. The van der Waals surface area contributed by atoms with Crippen molar-refractivity contribution >= 4 is 27.6 Å². The minimum absolute atomic E-state index is 0.457. The first kappa shape index (κ1) is 14.7. The fourth-order valence-electron chi connectivity index (χ4n) is 2.54. The van der Waals surface area contributed by atoms with E-state index < -0.39 is 6.09 Å². The number of ether oxygens (including phenoxy) is 1. The van der Waals surface area contributed by atoms with Crippen LogP contribution in [0.4, 0.5) is 4.79 Å². The highest BCUT2D eigenvalue weighted by molar-refractivity contribution is 7.21. The van der Waals surface area contributed by atoms with Crippen molar-refractivity contribution in [3.05, 3.63) is 78.2 Å². The lowest BCUT2D eigenvalue weighted by molar-refractivity contribution is 0.189. The number of hydrogen-bond acceptors (Lipinski definition) is 4. The van der Waals surface area contributed by atoms with Crippen LogP contribution in [0.15, 0.2) is 72.6 Å². The fraction of sp³-hybridized carbons (Fsp3) is 0.0526. The van der Waals surface area contributed by atoms with Gasteiger partial charge in [-0.15, -0.1) is 11.3 Å². The molecule has 0 spiro atoms. The first-order chi connectivity index (χ1) is 11.8. The SMILES string of the molecule is O=C1NC(Cc2ccc(-c3nc4ccccc4s3)cc2)=CC=CO1. The Kier molecular flexibility index (Phi) is 3.84. The van der Waals surface area contributed by atoms with Crippen LogP contribution in [0.5, 0.6) is 0 Å². The Bertz CT molecular complexity index is 922. The first-order valence-electron chi connectivity index (χ1n) is 7.56. The maximum atomic E-state index is 11.4. The second-order valence-electron chi connectivity index (χ2n) is 5.41. The van der Waals surface area contributed by atoms with Gasteiger partial charge in [0.15, 0.2) is 0 Å². The second-order valence-corrected chi connectivity index (χ2v) is 6.44. The molecule has 0 aliphatic carbocycles. The van der Waals surface area contributed by atoms with Crippen molar-refractivity contribution in [2.45, 2.75) is 6.42 Å². The number of amides is 1. The van der Waals surface area contributed by atoms with Gasteiger partial charge in [-0.2, -0.15) is 0 Å². The maximum Gasteiger partial charge on any atom is 0.416 e. The smallest absolute Gasteiger partial charge is 0.416 e. The van der Waals surface area contributed by atoms with Crippen molar-refractivity contribution in [3.63, 3.8) is 0 Å². The molecule has 0 saturated carbocycles. The molecule has 118 valence electrons. The molecular formula is C19H14N2O2S. The van der Waals surface area contributed by atoms with E-state index in [1.807, 2.05) is 24.3 Å².